The number of aryl methyl sites for hydroxylation is 1. The third-order valence-corrected chi connectivity index (χ3v) is 4.51. The number of hydrogen-bond acceptors (Lipinski definition) is 4. The molecule has 2 aromatic heterocycles. The van der Waals surface area contributed by atoms with E-state index in [1.807, 2.05) is 49.4 Å². The average molecular weight is 323 g/mol. The van der Waals surface area contributed by atoms with Crippen LogP contribution in [0.3, 0.4) is 0 Å². The molecule has 23 heavy (non-hydrogen) atoms. The second-order valence-electron chi connectivity index (χ2n) is 5.18. The van der Waals surface area contributed by atoms with Gasteiger partial charge in [0.1, 0.15) is 0 Å². The normalized spacial score (nSPS) is 10.5. The Morgan fingerprint density at radius 3 is 2.70 bits per heavy atom. The molecular weight excluding hydrogens is 306 g/mol. The zero-order chi connectivity index (χ0) is 16.2. The van der Waals surface area contributed by atoms with Gasteiger partial charge in [0.15, 0.2) is 0 Å². The van der Waals surface area contributed by atoms with Crippen LogP contribution in [0.25, 0.3) is 11.1 Å². The first-order chi connectivity index (χ1) is 11.2. The second kappa shape index (κ2) is 6.62. The van der Waals surface area contributed by atoms with Gasteiger partial charge in [0, 0.05) is 29.4 Å². The molecule has 0 atom stereocenters. The molecule has 0 aliphatic carbocycles. The van der Waals surface area contributed by atoms with Gasteiger partial charge in [-0.15, -0.1) is 11.3 Å². The molecule has 3 rings (SSSR count). The van der Waals surface area contributed by atoms with E-state index in [2.05, 4.69) is 10.3 Å². The molecule has 1 amide bonds. The molecular formula is C18H17N3OS. The van der Waals surface area contributed by atoms with E-state index in [1.165, 1.54) is 11.3 Å². The SMILES string of the molecule is Cc1sc(N)c(C(=O)NCc2cccnc2)c1-c1ccccc1. The fraction of sp³-hybridized carbons (Fsp3) is 0.111. The molecule has 0 unspecified atom stereocenters. The van der Waals surface area contributed by atoms with Crippen molar-refractivity contribution in [1.82, 2.24) is 10.3 Å². The summed E-state index contributed by atoms with van der Waals surface area (Å²) >= 11 is 1.45. The Morgan fingerprint density at radius 2 is 2.00 bits per heavy atom. The average Bonchev–Trinajstić information content (AvgIpc) is 2.88. The zero-order valence-electron chi connectivity index (χ0n) is 12.7. The van der Waals surface area contributed by atoms with E-state index in [0.717, 1.165) is 21.6 Å². The van der Waals surface area contributed by atoms with Gasteiger partial charge >= 0.3 is 0 Å². The lowest BCUT2D eigenvalue weighted by Crippen LogP contribution is -2.23. The number of benzene rings is 1. The molecule has 1 aromatic carbocycles. The number of carbonyl (C=O) groups excluding carboxylic acids is 1. The summed E-state index contributed by atoms with van der Waals surface area (Å²) in [5.41, 5.74) is 9.52. The lowest BCUT2D eigenvalue weighted by Gasteiger charge is -2.08. The topological polar surface area (TPSA) is 68.0 Å². The van der Waals surface area contributed by atoms with Crippen LogP contribution in [0, 0.1) is 6.92 Å². The van der Waals surface area contributed by atoms with Crippen molar-refractivity contribution in [2.75, 3.05) is 5.73 Å². The predicted octanol–water partition coefficient (Wildman–Crippen LogP) is 3.63. The number of anilines is 1. The van der Waals surface area contributed by atoms with Gasteiger partial charge in [-0.3, -0.25) is 9.78 Å². The zero-order valence-corrected chi connectivity index (χ0v) is 13.6. The van der Waals surface area contributed by atoms with Crippen molar-refractivity contribution in [3.05, 3.63) is 70.9 Å². The number of nitrogen functional groups attached to an aromatic ring is 1. The van der Waals surface area contributed by atoms with E-state index in [0.29, 0.717) is 17.1 Å². The largest absolute Gasteiger partial charge is 0.390 e. The molecule has 3 N–H and O–H groups in total. The van der Waals surface area contributed by atoms with Crippen molar-refractivity contribution in [3.8, 4) is 11.1 Å². The maximum absolute atomic E-state index is 12.6. The van der Waals surface area contributed by atoms with Crippen LogP contribution in [0.1, 0.15) is 20.8 Å². The highest BCUT2D eigenvalue weighted by Gasteiger charge is 2.21. The van der Waals surface area contributed by atoms with Gasteiger partial charge in [0.05, 0.1) is 10.6 Å². The minimum Gasteiger partial charge on any atom is -0.390 e. The van der Waals surface area contributed by atoms with Crippen molar-refractivity contribution < 1.29 is 4.79 Å². The first-order valence-corrected chi connectivity index (χ1v) is 8.10. The minimum absolute atomic E-state index is 0.158. The third kappa shape index (κ3) is 3.24. The molecule has 0 saturated heterocycles. The Bertz CT molecular complexity index is 813. The number of nitrogens with one attached hydrogen (secondary N) is 1. The minimum atomic E-state index is -0.158. The van der Waals surface area contributed by atoms with E-state index < -0.39 is 0 Å². The van der Waals surface area contributed by atoms with Crippen molar-refractivity contribution in [2.24, 2.45) is 0 Å². The van der Waals surface area contributed by atoms with Gasteiger partial charge in [-0.25, -0.2) is 0 Å². The van der Waals surface area contributed by atoms with Gasteiger partial charge in [-0.05, 0) is 24.1 Å². The van der Waals surface area contributed by atoms with Crippen LogP contribution in [0.5, 0.6) is 0 Å². The number of carbonyl (C=O) groups is 1. The van der Waals surface area contributed by atoms with E-state index in [9.17, 15) is 4.79 Å². The number of nitrogens with two attached hydrogens (primary N) is 1. The molecule has 2 heterocycles. The van der Waals surface area contributed by atoms with Crippen LogP contribution in [0.15, 0.2) is 54.9 Å². The van der Waals surface area contributed by atoms with Crippen LogP contribution in [-0.2, 0) is 6.54 Å². The van der Waals surface area contributed by atoms with Crippen LogP contribution in [0.4, 0.5) is 5.00 Å². The molecule has 0 aliphatic heterocycles. The predicted molar refractivity (Wildman–Crippen MR) is 94.3 cm³/mol. The standard InChI is InChI=1S/C18H17N3OS/c1-12-15(14-7-3-2-4-8-14)16(17(19)23-12)18(22)21-11-13-6-5-9-20-10-13/h2-10H,11,19H2,1H3,(H,21,22). The molecule has 5 heteroatoms. The van der Waals surface area contributed by atoms with Gasteiger partial charge in [0.25, 0.3) is 5.91 Å². The van der Waals surface area contributed by atoms with Crippen molar-refractivity contribution in [3.63, 3.8) is 0 Å². The van der Waals surface area contributed by atoms with Crippen LogP contribution >= 0.6 is 11.3 Å². The number of rotatable bonds is 4. The van der Waals surface area contributed by atoms with Crippen LogP contribution < -0.4 is 11.1 Å². The summed E-state index contributed by atoms with van der Waals surface area (Å²) in [6.07, 6.45) is 3.44. The number of nitrogens with zero attached hydrogens (tertiary/aromatic N) is 1. The quantitative estimate of drug-likeness (QED) is 0.770. The highest BCUT2D eigenvalue weighted by Crippen LogP contribution is 2.37. The summed E-state index contributed by atoms with van der Waals surface area (Å²) in [7, 11) is 0. The van der Waals surface area contributed by atoms with Crippen LogP contribution in [-0.4, -0.2) is 10.9 Å². The van der Waals surface area contributed by atoms with Gasteiger partial charge < -0.3 is 11.1 Å². The number of amides is 1. The van der Waals surface area contributed by atoms with Gasteiger partial charge in [0.2, 0.25) is 0 Å². The fourth-order valence-electron chi connectivity index (χ4n) is 2.52. The molecule has 0 fully saturated rings. The Morgan fingerprint density at radius 1 is 1.22 bits per heavy atom. The molecule has 116 valence electrons. The lowest BCUT2D eigenvalue weighted by atomic mass is 10.0. The van der Waals surface area contributed by atoms with Crippen LogP contribution in [0.2, 0.25) is 0 Å². The lowest BCUT2D eigenvalue weighted by molar-refractivity contribution is 0.0952. The number of aromatic nitrogens is 1. The summed E-state index contributed by atoms with van der Waals surface area (Å²) < 4.78 is 0. The van der Waals surface area contributed by atoms with Gasteiger partial charge in [-0.1, -0.05) is 36.4 Å². The fourth-order valence-corrected chi connectivity index (χ4v) is 3.47. The number of thiophene rings is 1. The molecule has 3 aromatic rings. The molecule has 4 nitrogen and oxygen atoms in total. The van der Waals surface area contributed by atoms with E-state index in [4.69, 9.17) is 5.73 Å². The summed E-state index contributed by atoms with van der Waals surface area (Å²) in [4.78, 5) is 17.7. The van der Waals surface area contributed by atoms with Crippen molar-refractivity contribution in [2.45, 2.75) is 13.5 Å². The third-order valence-electron chi connectivity index (χ3n) is 3.58. The maximum atomic E-state index is 12.6. The second-order valence-corrected chi connectivity index (χ2v) is 6.44. The smallest absolute Gasteiger partial charge is 0.255 e. The highest BCUT2D eigenvalue weighted by atomic mass is 32.1. The Balaban J connectivity index is 1.89. The summed E-state index contributed by atoms with van der Waals surface area (Å²) in [5, 5.41) is 3.47. The Kier molecular flexibility index (Phi) is 4.39. The van der Waals surface area contributed by atoms with Gasteiger partial charge in [-0.2, -0.15) is 0 Å². The first kappa shape index (κ1) is 15.2. The highest BCUT2D eigenvalue weighted by molar-refractivity contribution is 7.16. The molecule has 0 radical (unpaired) electrons. The van der Waals surface area contributed by atoms with Crippen molar-refractivity contribution in [1.29, 1.82) is 0 Å². The number of pyridine rings is 1. The van der Waals surface area contributed by atoms with E-state index >= 15 is 0 Å². The summed E-state index contributed by atoms with van der Waals surface area (Å²) in [6.45, 7) is 2.41. The Hall–Kier alpha value is -2.66. The Labute approximate surface area is 139 Å². The molecule has 0 spiro atoms. The molecule has 0 bridgehead atoms. The van der Waals surface area contributed by atoms with Crippen molar-refractivity contribution >= 4 is 22.2 Å². The number of hydrogen-bond donors (Lipinski definition) is 2. The maximum Gasteiger partial charge on any atom is 0.255 e. The molecule has 0 aliphatic rings. The first-order valence-electron chi connectivity index (χ1n) is 7.28. The summed E-state index contributed by atoms with van der Waals surface area (Å²) in [5.74, 6) is -0.158. The van der Waals surface area contributed by atoms with E-state index in [1.54, 1.807) is 12.4 Å². The summed E-state index contributed by atoms with van der Waals surface area (Å²) in [6, 6.07) is 13.6. The molecule has 0 saturated carbocycles. The van der Waals surface area contributed by atoms with E-state index in [-0.39, 0.29) is 5.91 Å². The monoisotopic (exact) mass is 323 g/mol.